The summed E-state index contributed by atoms with van der Waals surface area (Å²) >= 11 is 7.62. The van der Waals surface area contributed by atoms with Gasteiger partial charge in [-0.15, -0.1) is 11.8 Å². The zero-order valence-electron chi connectivity index (χ0n) is 12.1. The average Bonchev–Trinajstić information content (AvgIpc) is 2.83. The van der Waals surface area contributed by atoms with Crippen LogP contribution in [0.1, 0.15) is 32.3 Å². The van der Waals surface area contributed by atoms with Crippen molar-refractivity contribution in [3.05, 3.63) is 52.9 Å². The molecule has 0 atom stereocenters. The highest BCUT2D eigenvalue weighted by molar-refractivity contribution is 7.98. The van der Waals surface area contributed by atoms with Crippen LogP contribution in [0.2, 0.25) is 5.02 Å². The van der Waals surface area contributed by atoms with E-state index < -0.39 is 0 Å². The van der Waals surface area contributed by atoms with Crippen LogP contribution in [0.5, 0.6) is 0 Å². The minimum atomic E-state index is 0.102. The van der Waals surface area contributed by atoms with E-state index in [2.05, 4.69) is 26.1 Å². The van der Waals surface area contributed by atoms with Crippen LogP contribution in [-0.4, -0.2) is 5.54 Å². The van der Waals surface area contributed by atoms with Gasteiger partial charge in [0.15, 0.2) is 0 Å². The van der Waals surface area contributed by atoms with Crippen LogP contribution >= 0.6 is 23.4 Å². The molecular formula is C16H20ClNOS. The number of benzene rings is 1. The topological polar surface area (TPSA) is 25.2 Å². The first kappa shape index (κ1) is 15.5. The number of rotatable bonds is 5. The highest BCUT2D eigenvalue weighted by atomic mass is 35.5. The molecule has 1 heterocycles. The maximum atomic E-state index is 5.87. The van der Waals surface area contributed by atoms with Crippen molar-refractivity contribution in [1.29, 1.82) is 0 Å². The first-order valence-corrected chi connectivity index (χ1v) is 8.00. The number of halogens is 1. The molecule has 20 heavy (non-hydrogen) atoms. The smallest absolute Gasteiger partial charge is 0.118 e. The van der Waals surface area contributed by atoms with Gasteiger partial charge in [0.05, 0.1) is 12.3 Å². The summed E-state index contributed by atoms with van der Waals surface area (Å²) in [6.45, 7) is 7.20. The van der Waals surface area contributed by atoms with Gasteiger partial charge in [-0.1, -0.05) is 11.6 Å². The molecular weight excluding hydrogens is 290 g/mol. The lowest BCUT2D eigenvalue weighted by Crippen LogP contribution is -2.34. The number of furan rings is 1. The van der Waals surface area contributed by atoms with Crippen molar-refractivity contribution in [2.45, 2.75) is 43.5 Å². The van der Waals surface area contributed by atoms with Crippen LogP contribution in [0.3, 0.4) is 0 Å². The predicted molar refractivity (Wildman–Crippen MR) is 86.3 cm³/mol. The maximum Gasteiger partial charge on any atom is 0.118 e. The summed E-state index contributed by atoms with van der Waals surface area (Å²) < 4.78 is 5.82. The van der Waals surface area contributed by atoms with E-state index in [1.807, 2.05) is 36.4 Å². The van der Waals surface area contributed by atoms with Gasteiger partial charge in [0, 0.05) is 15.5 Å². The second kappa shape index (κ2) is 6.70. The zero-order valence-corrected chi connectivity index (χ0v) is 13.6. The quantitative estimate of drug-likeness (QED) is 0.777. The molecule has 1 aromatic heterocycles. The maximum absolute atomic E-state index is 5.87. The molecule has 0 unspecified atom stereocenters. The number of thioether (sulfide) groups is 1. The summed E-state index contributed by atoms with van der Waals surface area (Å²) in [4.78, 5) is 1.19. The number of hydrogen-bond acceptors (Lipinski definition) is 3. The van der Waals surface area contributed by atoms with E-state index in [1.165, 1.54) is 4.90 Å². The summed E-state index contributed by atoms with van der Waals surface area (Å²) in [7, 11) is 0. The van der Waals surface area contributed by atoms with Crippen LogP contribution in [0.25, 0.3) is 0 Å². The van der Waals surface area contributed by atoms with E-state index in [9.17, 15) is 0 Å². The SMILES string of the molecule is CC(C)(C)NCc1ccc(CSc2ccc(Cl)cc2)o1. The van der Waals surface area contributed by atoms with Crippen LogP contribution in [0.15, 0.2) is 45.7 Å². The molecule has 2 nitrogen and oxygen atoms in total. The molecule has 0 saturated carbocycles. The van der Waals surface area contributed by atoms with Gasteiger partial charge in [0.25, 0.3) is 0 Å². The summed E-state index contributed by atoms with van der Waals surface area (Å²) in [6, 6.07) is 11.9. The van der Waals surface area contributed by atoms with Gasteiger partial charge in [-0.25, -0.2) is 0 Å². The Labute approximate surface area is 129 Å². The Hall–Kier alpha value is -0.900. The van der Waals surface area contributed by atoms with Crippen LogP contribution in [-0.2, 0) is 12.3 Å². The second-order valence-electron chi connectivity index (χ2n) is 5.71. The molecule has 0 aliphatic rings. The van der Waals surface area contributed by atoms with Crippen LogP contribution < -0.4 is 5.32 Å². The summed E-state index contributed by atoms with van der Waals surface area (Å²) in [5.74, 6) is 2.80. The summed E-state index contributed by atoms with van der Waals surface area (Å²) in [6.07, 6.45) is 0. The fourth-order valence-electron chi connectivity index (χ4n) is 1.63. The molecule has 0 bridgehead atoms. The Morgan fingerprint density at radius 2 is 1.70 bits per heavy atom. The second-order valence-corrected chi connectivity index (χ2v) is 7.20. The monoisotopic (exact) mass is 309 g/mol. The highest BCUT2D eigenvalue weighted by Crippen LogP contribution is 2.25. The lowest BCUT2D eigenvalue weighted by atomic mass is 10.1. The number of nitrogens with one attached hydrogen (secondary N) is 1. The van der Waals surface area contributed by atoms with Gasteiger partial charge in [-0.2, -0.15) is 0 Å². The van der Waals surface area contributed by atoms with Gasteiger partial charge in [-0.05, 0) is 57.2 Å². The molecule has 108 valence electrons. The Morgan fingerprint density at radius 1 is 1.05 bits per heavy atom. The molecule has 0 spiro atoms. The molecule has 0 radical (unpaired) electrons. The van der Waals surface area contributed by atoms with Crippen LogP contribution in [0, 0.1) is 0 Å². The Morgan fingerprint density at radius 3 is 2.35 bits per heavy atom. The van der Waals surface area contributed by atoms with E-state index in [0.29, 0.717) is 0 Å². The lowest BCUT2D eigenvalue weighted by molar-refractivity contribution is 0.382. The Balaban J connectivity index is 1.85. The van der Waals surface area contributed by atoms with Crippen molar-refractivity contribution < 1.29 is 4.42 Å². The minimum absolute atomic E-state index is 0.102. The largest absolute Gasteiger partial charge is 0.464 e. The highest BCUT2D eigenvalue weighted by Gasteiger charge is 2.10. The van der Waals surface area contributed by atoms with Crippen molar-refractivity contribution in [2.75, 3.05) is 0 Å². The van der Waals surface area contributed by atoms with Crippen molar-refractivity contribution in [1.82, 2.24) is 5.32 Å². The molecule has 1 aromatic carbocycles. The standard InChI is InChI=1S/C16H20ClNOS/c1-16(2,3)18-10-13-6-7-14(19-13)11-20-15-8-4-12(17)5-9-15/h4-9,18H,10-11H2,1-3H3. The number of hydrogen-bond donors (Lipinski definition) is 1. The van der Waals surface area contributed by atoms with E-state index >= 15 is 0 Å². The van der Waals surface area contributed by atoms with E-state index in [4.69, 9.17) is 16.0 Å². The Bertz CT molecular complexity index is 542. The molecule has 2 aromatic rings. The molecule has 0 saturated heterocycles. The third kappa shape index (κ3) is 5.23. The van der Waals surface area contributed by atoms with Crippen molar-refractivity contribution in [3.63, 3.8) is 0 Å². The Kier molecular flexibility index (Phi) is 5.19. The van der Waals surface area contributed by atoms with Gasteiger partial charge in [0.1, 0.15) is 11.5 Å². The molecule has 0 amide bonds. The fraction of sp³-hybridized carbons (Fsp3) is 0.375. The molecule has 0 aliphatic heterocycles. The molecule has 0 aliphatic carbocycles. The lowest BCUT2D eigenvalue weighted by Gasteiger charge is -2.19. The van der Waals surface area contributed by atoms with Crippen molar-refractivity contribution >= 4 is 23.4 Å². The normalized spacial score (nSPS) is 11.8. The fourth-order valence-corrected chi connectivity index (χ4v) is 2.55. The van der Waals surface area contributed by atoms with Gasteiger partial charge < -0.3 is 9.73 Å². The van der Waals surface area contributed by atoms with Gasteiger partial charge >= 0.3 is 0 Å². The molecule has 1 N–H and O–H groups in total. The first-order chi connectivity index (χ1) is 9.42. The minimum Gasteiger partial charge on any atom is -0.464 e. The van der Waals surface area contributed by atoms with Gasteiger partial charge in [0.2, 0.25) is 0 Å². The third-order valence-corrected chi connectivity index (χ3v) is 3.99. The van der Waals surface area contributed by atoms with E-state index in [-0.39, 0.29) is 5.54 Å². The van der Waals surface area contributed by atoms with Crippen LogP contribution in [0.4, 0.5) is 0 Å². The summed E-state index contributed by atoms with van der Waals surface area (Å²) in [5.41, 5.74) is 0.102. The first-order valence-electron chi connectivity index (χ1n) is 6.63. The zero-order chi connectivity index (χ0) is 14.6. The van der Waals surface area contributed by atoms with Crippen molar-refractivity contribution in [3.8, 4) is 0 Å². The molecule has 0 fully saturated rings. The summed E-state index contributed by atoms with van der Waals surface area (Å²) in [5, 5.41) is 4.18. The molecule has 4 heteroatoms. The van der Waals surface area contributed by atoms with E-state index in [1.54, 1.807) is 11.8 Å². The van der Waals surface area contributed by atoms with E-state index in [0.717, 1.165) is 28.8 Å². The average molecular weight is 310 g/mol. The third-order valence-electron chi connectivity index (χ3n) is 2.70. The van der Waals surface area contributed by atoms with Crippen molar-refractivity contribution in [2.24, 2.45) is 0 Å². The molecule has 2 rings (SSSR count). The van der Waals surface area contributed by atoms with Gasteiger partial charge in [-0.3, -0.25) is 0 Å². The predicted octanol–water partition coefficient (Wildman–Crippen LogP) is 5.11.